The zero-order valence-corrected chi connectivity index (χ0v) is 15.9. The van der Waals surface area contributed by atoms with Gasteiger partial charge in [0.2, 0.25) is 0 Å². The summed E-state index contributed by atoms with van der Waals surface area (Å²) < 4.78 is 0.581. The van der Waals surface area contributed by atoms with Gasteiger partial charge in [-0.3, -0.25) is 19.3 Å². The summed E-state index contributed by atoms with van der Waals surface area (Å²) in [7, 11) is 0. The first kappa shape index (κ1) is 18.5. The zero-order chi connectivity index (χ0) is 19.2. The number of carbonyl (C=O) groups excluding carboxylic acids is 2. The van der Waals surface area contributed by atoms with Gasteiger partial charge in [0, 0.05) is 15.7 Å². The fraction of sp³-hybridized carbons (Fsp3) is 0.133. The summed E-state index contributed by atoms with van der Waals surface area (Å²) in [5.74, 6) is -4.18. The van der Waals surface area contributed by atoms with Crippen molar-refractivity contribution in [3.63, 3.8) is 0 Å². The third-order valence-corrected chi connectivity index (χ3v) is 5.61. The van der Waals surface area contributed by atoms with E-state index >= 15 is 0 Å². The van der Waals surface area contributed by atoms with Gasteiger partial charge in [-0.15, -0.1) is 0 Å². The number of nitrogens with zero attached hydrogens (tertiary/aromatic N) is 1. The van der Waals surface area contributed by atoms with Crippen molar-refractivity contribution in [2.24, 2.45) is 0 Å². The van der Waals surface area contributed by atoms with Crippen molar-refractivity contribution in [1.82, 2.24) is 4.90 Å². The van der Waals surface area contributed by atoms with Crippen LogP contribution in [-0.4, -0.2) is 49.2 Å². The highest BCUT2D eigenvalue weighted by molar-refractivity contribution is 9.10. The SMILES string of the molecule is O=C(O)CC(C(=O)O)N1C(=O)/C(=C2/C(=O)Nc3ccc(Br)cc32)SC1=S. The third-order valence-electron chi connectivity index (χ3n) is 3.72. The normalized spacial score (nSPS) is 20.2. The highest BCUT2D eigenvalue weighted by Gasteiger charge is 2.45. The molecule has 1 aromatic rings. The number of rotatable bonds is 4. The van der Waals surface area contributed by atoms with E-state index in [0.717, 1.165) is 16.7 Å². The van der Waals surface area contributed by atoms with Crippen molar-refractivity contribution in [3.05, 3.63) is 33.1 Å². The topological polar surface area (TPSA) is 124 Å². The molecule has 0 bridgehead atoms. The van der Waals surface area contributed by atoms with Crippen LogP contribution in [0.25, 0.3) is 5.57 Å². The Balaban J connectivity index is 2.08. The number of aliphatic carboxylic acids is 2. The monoisotopic (exact) mass is 456 g/mol. The molecule has 1 aromatic carbocycles. The van der Waals surface area contributed by atoms with E-state index < -0.39 is 36.2 Å². The molecular formula is C15H9BrN2O6S2. The Labute approximate surface area is 164 Å². The minimum absolute atomic E-state index is 0.0269. The van der Waals surface area contributed by atoms with Gasteiger partial charge in [-0.1, -0.05) is 39.9 Å². The molecule has 2 amide bonds. The fourth-order valence-electron chi connectivity index (χ4n) is 2.62. The van der Waals surface area contributed by atoms with Gasteiger partial charge in [0.1, 0.15) is 10.4 Å². The molecule has 2 heterocycles. The minimum atomic E-state index is -1.65. The smallest absolute Gasteiger partial charge is 0.327 e. The zero-order valence-electron chi connectivity index (χ0n) is 12.7. The van der Waals surface area contributed by atoms with E-state index in [9.17, 15) is 24.3 Å². The number of anilines is 1. The van der Waals surface area contributed by atoms with Crippen LogP contribution >= 0.6 is 39.9 Å². The van der Waals surface area contributed by atoms with E-state index in [-0.39, 0.29) is 14.8 Å². The first-order valence-corrected chi connectivity index (χ1v) is 9.08. The first-order chi connectivity index (χ1) is 12.2. The second kappa shape index (κ2) is 6.82. The van der Waals surface area contributed by atoms with Crippen LogP contribution in [-0.2, 0) is 19.2 Å². The van der Waals surface area contributed by atoms with Crippen LogP contribution in [0.5, 0.6) is 0 Å². The van der Waals surface area contributed by atoms with Crippen molar-refractivity contribution >= 4 is 79.2 Å². The molecule has 0 spiro atoms. The number of benzene rings is 1. The highest BCUT2D eigenvalue weighted by Crippen LogP contribution is 2.43. The van der Waals surface area contributed by atoms with Crippen molar-refractivity contribution in [2.45, 2.75) is 12.5 Å². The van der Waals surface area contributed by atoms with Crippen molar-refractivity contribution < 1.29 is 29.4 Å². The number of carboxylic acid groups (broad SMARTS) is 2. The fourth-order valence-corrected chi connectivity index (χ4v) is 4.41. The van der Waals surface area contributed by atoms with E-state index in [2.05, 4.69) is 21.2 Å². The maximum Gasteiger partial charge on any atom is 0.327 e. The lowest BCUT2D eigenvalue weighted by Crippen LogP contribution is -2.45. The van der Waals surface area contributed by atoms with Gasteiger partial charge in [-0.2, -0.15) is 0 Å². The highest BCUT2D eigenvalue weighted by atomic mass is 79.9. The average Bonchev–Trinajstić information content (AvgIpc) is 3.00. The van der Waals surface area contributed by atoms with E-state index in [1.165, 1.54) is 0 Å². The van der Waals surface area contributed by atoms with Gasteiger partial charge in [0.05, 0.1) is 16.9 Å². The minimum Gasteiger partial charge on any atom is -0.481 e. The van der Waals surface area contributed by atoms with Gasteiger partial charge in [0.25, 0.3) is 11.8 Å². The van der Waals surface area contributed by atoms with Gasteiger partial charge in [0.15, 0.2) is 0 Å². The van der Waals surface area contributed by atoms with Gasteiger partial charge in [-0.25, -0.2) is 4.79 Å². The lowest BCUT2D eigenvalue weighted by molar-refractivity contribution is -0.150. The number of amides is 2. The molecule has 3 N–H and O–H groups in total. The molecule has 1 fully saturated rings. The molecule has 0 saturated carbocycles. The number of nitrogens with one attached hydrogen (secondary N) is 1. The molecule has 2 aliphatic rings. The Morgan fingerprint density at radius 2 is 2.00 bits per heavy atom. The summed E-state index contributed by atoms with van der Waals surface area (Å²) in [4.78, 5) is 48.2. The maximum absolute atomic E-state index is 12.8. The lowest BCUT2D eigenvalue weighted by Gasteiger charge is -2.21. The first-order valence-electron chi connectivity index (χ1n) is 7.06. The van der Waals surface area contributed by atoms with Crippen LogP contribution in [0.4, 0.5) is 5.69 Å². The van der Waals surface area contributed by atoms with Crippen LogP contribution in [0, 0.1) is 0 Å². The van der Waals surface area contributed by atoms with Crippen LogP contribution in [0.2, 0.25) is 0 Å². The number of carboxylic acids is 2. The molecular weight excluding hydrogens is 448 g/mol. The van der Waals surface area contributed by atoms with Gasteiger partial charge < -0.3 is 15.5 Å². The van der Waals surface area contributed by atoms with E-state index in [0.29, 0.717) is 15.7 Å². The summed E-state index contributed by atoms with van der Waals surface area (Å²) in [6.45, 7) is 0. The molecule has 0 aromatic heterocycles. The number of hydrogen-bond acceptors (Lipinski definition) is 6. The number of carbonyl (C=O) groups is 4. The summed E-state index contributed by atoms with van der Waals surface area (Å²) in [5, 5.41) is 20.8. The largest absolute Gasteiger partial charge is 0.481 e. The molecule has 3 rings (SSSR count). The number of hydrogen-bond donors (Lipinski definition) is 3. The molecule has 1 unspecified atom stereocenters. The summed E-state index contributed by atoms with van der Waals surface area (Å²) >= 11 is 9.15. The van der Waals surface area contributed by atoms with E-state index in [4.69, 9.17) is 17.3 Å². The Bertz CT molecular complexity index is 929. The molecule has 0 aliphatic carbocycles. The summed E-state index contributed by atoms with van der Waals surface area (Å²) in [6.07, 6.45) is -0.807. The van der Waals surface area contributed by atoms with Crippen molar-refractivity contribution in [1.29, 1.82) is 0 Å². The van der Waals surface area contributed by atoms with Gasteiger partial charge >= 0.3 is 11.9 Å². The second-order valence-electron chi connectivity index (χ2n) is 5.34. The van der Waals surface area contributed by atoms with Crippen LogP contribution in [0.3, 0.4) is 0 Å². The Hall–Kier alpha value is -2.24. The number of thiocarbonyl (C=S) groups is 1. The van der Waals surface area contributed by atoms with E-state index in [1.807, 2.05) is 0 Å². The molecule has 0 radical (unpaired) electrons. The standard InChI is InChI=1S/C15H9BrN2O6S2/c16-5-1-2-7-6(3-5)10(12(21)17-7)11-13(22)18(15(25)26-11)8(14(23)24)4-9(19)20/h1-3,8H,4H2,(H,17,21)(H,19,20)(H,23,24)/b11-10-. The molecule has 11 heteroatoms. The van der Waals surface area contributed by atoms with Gasteiger partial charge in [-0.05, 0) is 18.2 Å². The Kier molecular flexibility index (Phi) is 4.86. The van der Waals surface area contributed by atoms with Crippen molar-refractivity contribution in [2.75, 3.05) is 5.32 Å². The summed E-state index contributed by atoms with van der Waals surface area (Å²) in [6, 6.07) is 3.39. The van der Waals surface area contributed by atoms with E-state index in [1.54, 1.807) is 18.2 Å². The Morgan fingerprint density at radius 3 is 2.62 bits per heavy atom. The molecule has 2 aliphatic heterocycles. The third kappa shape index (κ3) is 3.13. The average molecular weight is 457 g/mol. The second-order valence-corrected chi connectivity index (χ2v) is 7.90. The number of thioether (sulfide) groups is 1. The Morgan fingerprint density at radius 1 is 1.31 bits per heavy atom. The molecule has 1 atom stereocenters. The predicted octanol–water partition coefficient (Wildman–Crippen LogP) is 1.90. The number of fused-ring (bicyclic) bond motifs is 1. The molecule has 26 heavy (non-hydrogen) atoms. The van der Waals surface area contributed by atoms with Crippen molar-refractivity contribution in [3.8, 4) is 0 Å². The molecule has 1 saturated heterocycles. The number of halogens is 1. The van der Waals surface area contributed by atoms with Crippen LogP contribution in [0.1, 0.15) is 12.0 Å². The van der Waals surface area contributed by atoms with Crippen LogP contribution in [0.15, 0.2) is 27.6 Å². The lowest BCUT2D eigenvalue weighted by atomic mass is 10.1. The molecule has 134 valence electrons. The predicted molar refractivity (Wildman–Crippen MR) is 100 cm³/mol. The molecule has 8 nitrogen and oxygen atoms in total. The maximum atomic E-state index is 12.8. The quantitative estimate of drug-likeness (QED) is 0.463. The van der Waals surface area contributed by atoms with Crippen LogP contribution < -0.4 is 5.32 Å². The summed E-state index contributed by atoms with van der Waals surface area (Å²) in [5.41, 5.74) is 1.08.